The smallest absolute Gasteiger partial charge is 0.266 e. The fourth-order valence-corrected chi connectivity index (χ4v) is 2.64. The molecule has 1 rings (SSSR count). The van der Waals surface area contributed by atoms with Crippen LogP contribution in [0.3, 0.4) is 0 Å². The topological polar surface area (TPSA) is 103 Å². The number of nitrogens with one attached hydrogen (secondary N) is 1. The molecule has 0 aliphatic heterocycles. The number of aromatic amines is 1. The molecule has 0 bridgehead atoms. The highest BCUT2D eigenvalue weighted by Crippen LogP contribution is 2.17. The molecule has 0 saturated heterocycles. The van der Waals surface area contributed by atoms with Crippen LogP contribution in [-0.2, 0) is 11.2 Å². The maximum atomic E-state index is 12.3. The minimum atomic E-state index is -0.376. The maximum Gasteiger partial charge on any atom is 0.266 e. The van der Waals surface area contributed by atoms with E-state index < -0.39 is 0 Å². The number of rotatable bonds is 6. The Bertz CT molecular complexity index is 683. The summed E-state index contributed by atoms with van der Waals surface area (Å²) in [5.41, 5.74) is 7.56. The summed E-state index contributed by atoms with van der Waals surface area (Å²) in [6.07, 6.45) is 0.825. The van der Waals surface area contributed by atoms with Crippen molar-refractivity contribution < 1.29 is 4.79 Å². The molecule has 0 radical (unpaired) electrons. The minimum Gasteiger partial charge on any atom is -0.345 e. The molecule has 126 valence electrons. The Labute approximate surface area is 137 Å². The number of amides is 1. The van der Waals surface area contributed by atoms with Gasteiger partial charge in [-0.1, -0.05) is 13.8 Å². The number of nitriles is 1. The zero-order chi connectivity index (χ0) is 17.8. The molecule has 0 aliphatic rings. The van der Waals surface area contributed by atoms with E-state index in [0.717, 1.165) is 5.56 Å². The van der Waals surface area contributed by atoms with Gasteiger partial charge in [0, 0.05) is 25.7 Å². The van der Waals surface area contributed by atoms with E-state index >= 15 is 0 Å². The van der Waals surface area contributed by atoms with Gasteiger partial charge in [0.25, 0.3) is 5.56 Å². The Morgan fingerprint density at radius 1 is 1.39 bits per heavy atom. The van der Waals surface area contributed by atoms with Crippen molar-refractivity contribution in [2.24, 2.45) is 11.1 Å². The van der Waals surface area contributed by atoms with Gasteiger partial charge < -0.3 is 15.6 Å². The third-order valence-corrected chi connectivity index (χ3v) is 4.15. The van der Waals surface area contributed by atoms with Crippen LogP contribution in [0.5, 0.6) is 0 Å². The van der Waals surface area contributed by atoms with Crippen molar-refractivity contribution >= 4 is 5.91 Å². The SMILES string of the molecule is Cc1[nH]c(=O)c(C#N)c(C)c1CCC(=O)N(C)CC(C)(C)CN. The van der Waals surface area contributed by atoms with E-state index in [4.69, 9.17) is 11.0 Å². The van der Waals surface area contributed by atoms with Crippen molar-refractivity contribution in [3.05, 3.63) is 32.7 Å². The Kier molecular flexibility index (Phi) is 6.11. The molecule has 1 aromatic rings. The second kappa shape index (κ2) is 7.42. The van der Waals surface area contributed by atoms with Gasteiger partial charge in [0.1, 0.15) is 11.6 Å². The molecule has 23 heavy (non-hydrogen) atoms. The van der Waals surface area contributed by atoms with Gasteiger partial charge in [-0.3, -0.25) is 9.59 Å². The van der Waals surface area contributed by atoms with Gasteiger partial charge >= 0.3 is 0 Å². The summed E-state index contributed by atoms with van der Waals surface area (Å²) >= 11 is 0. The van der Waals surface area contributed by atoms with E-state index in [1.807, 2.05) is 19.9 Å². The third kappa shape index (κ3) is 4.67. The van der Waals surface area contributed by atoms with Crippen molar-refractivity contribution in [3.63, 3.8) is 0 Å². The second-order valence-electron chi connectivity index (χ2n) is 6.79. The van der Waals surface area contributed by atoms with Crippen molar-refractivity contribution in [2.45, 2.75) is 40.5 Å². The number of pyridine rings is 1. The van der Waals surface area contributed by atoms with E-state index in [9.17, 15) is 9.59 Å². The summed E-state index contributed by atoms with van der Waals surface area (Å²) in [4.78, 5) is 28.4. The number of carbonyl (C=O) groups is 1. The number of hydrogen-bond donors (Lipinski definition) is 2. The molecule has 0 atom stereocenters. The van der Waals surface area contributed by atoms with Crippen LogP contribution in [0.2, 0.25) is 0 Å². The van der Waals surface area contributed by atoms with Crippen molar-refractivity contribution in [1.29, 1.82) is 5.26 Å². The largest absolute Gasteiger partial charge is 0.345 e. The minimum absolute atomic E-state index is 0.0232. The van der Waals surface area contributed by atoms with Gasteiger partial charge in [-0.2, -0.15) is 5.26 Å². The predicted molar refractivity (Wildman–Crippen MR) is 90.0 cm³/mol. The van der Waals surface area contributed by atoms with Crippen LogP contribution < -0.4 is 11.3 Å². The fraction of sp³-hybridized carbons (Fsp3) is 0.588. The van der Waals surface area contributed by atoms with Crippen LogP contribution in [0.15, 0.2) is 4.79 Å². The molecular weight excluding hydrogens is 292 g/mol. The Hall–Kier alpha value is -2.13. The van der Waals surface area contributed by atoms with Crippen LogP contribution in [-0.4, -0.2) is 35.9 Å². The monoisotopic (exact) mass is 318 g/mol. The molecule has 0 fully saturated rings. The van der Waals surface area contributed by atoms with Crippen LogP contribution in [0.1, 0.15) is 42.7 Å². The summed E-state index contributed by atoms with van der Waals surface area (Å²) in [6.45, 7) is 8.68. The summed E-state index contributed by atoms with van der Waals surface area (Å²) < 4.78 is 0. The number of hydrogen-bond acceptors (Lipinski definition) is 4. The molecule has 0 spiro atoms. The lowest BCUT2D eigenvalue weighted by atomic mass is 9.93. The van der Waals surface area contributed by atoms with Gasteiger partial charge in [0.2, 0.25) is 5.91 Å². The van der Waals surface area contributed by atoms with Gasteiger partial charge in [-0.05, 0) is 43.4 Å². The number of carbonyl (C=O) groups excluding carboxylic acids is 1. The average molecular weight is 318 g/mol. The van der Waals surface area contributed by atoms with E-state index in [0.29, 0.717) is 37.2 Å². The predicted octanol–water partition coefficient (Wildman–Crippen LogP) is 1.24. The van der Waals surface area contributed by atoms with Crippen LogP contribution in [0, 0.1) is 30.6 Å². The number of H-pyrrole nitrogens is 1. The molecule has 0 aromatic carbocycles. The summed E-state index contributed by atoms with van der Waals surface area (Å²) in [5.74, 6) is 0.0232. The molecule has 1 aromatic heterocycles. The molecule has 0 saturated carbocycles. The zero-order valence-corrected chi connectivity index (χ0v) is 14.6. The van der Waals surface area contributed by atoms with Gasteiger partial charge in [-0.25, -0.2) is 0 Å². The lowest BCUT2D eigenvalue weighted by Crippen LogP contribution is -2.39. The second-order valence-corrected chi connectivity index (χ2v) is 6.79. The number of nitrogens with two attached hydrogens (primary N) is 1. The average Bonchev–Trinajstić information content (AvgIpc) is 2.46. The molecule has 1 heterocycles. The first-order valence-electron chi connectivity index (χ1n) is 7.69. The number of aromatic nitrogens is 1. The van der Waals surface area contributed by atoms with Crippen LogP contribution >= 0.6 is 0 Å². The molecule has 0 unspecified atom stereocenters. The highest BCUT2D eigenvalue weighted by Gasteiger charge is 2.21. The van der Waals surface area contributed by atoms with E-state index in [1.54, 1.807) is 25.8 Å². The summed E-state index contributed by atoms with van der Waals surface area (Å²) in [5, 5.41) is 9.08. The van der Waals surface area contributed by atoms with E-state index in [2.05, 4.69) is 4.98 Å². The first-order valence-corrected chi connectivity index (χ1v) is 7.69. The molecular formula is C17H26N4O2. The third-order valence-electron chi connectivity index (χ3n) is 4.15. The number of nitrogens with zero attached hydrogens (tertiary/aromatic N) is 2. The molecule has 1 amide bonds. The normalized spacial score (nSPS) is 11.2. The highest BCUT2D eigenvalue weighted by atomic mass is 16.2. The van der Waals surface area contributed by atoms with Crippen molar-refractivity contribution in [3.8, 4) is 6.07 Å². The lowest BCUT2D eigenvalue weighted by Gasteiger charge is -2.29. The van der Waals surface area contributed by atoms with Gasteiger partial charge in [0.05, 0.1) is 0 Å². The van der Waals surface area contributed by atoms with Gasteiger partial charge in [-0.15, -0.1) is 0 Å². The van der Waals surface area contributed by atoms with Crippen LogP contribution in [0.25, 0.3) is 0 Å². The Morgan fingerprint density at radius 3 is 2.52 bits per heavy atom. The van der Waals surface area contributed by atoms with Crippen molar-refractivity contribution in [2.75, 3.05) is 20.1 Å². The quantitative estimate of drug-likeness (QED) is 0.823. The van der Waals surface area contributed by atoms with Crippen LogP contribution in [0.4, 0.5) is 0 Å². The van der Waals surface area contributed by atoms with E-state index in [1.165, 1.54) is 0 Å². The van der Waals surface area contributed by atoms with Crippen molar-refractivity contribution in [1.82, 2.24) is 9.88 Å². The number of aryl methyl sites for hydroxylation is 1. The Morgan fingerprint density at radius 2 is 2.00 bits per heavy atom. The molecule has 6 heteroatoms. The Balaban J connectivity index is 2.85. The maximum absolute atomic E-state index is 12.3. The molecule has 0 aliphatic carbocycles. The molecule has 6 nitrogen and oxygen atoms in total. The highest BCUT2D eigenvalue weighted by molar-refractivity contribution is 5.76. The summed E-state index contributed by atoms with van der Waals surface area (Å²) in [6, 6.07) is 1.93. The first kappa shape index (κ1) is 18.9. The standard InChI is InChI=1S/C17H26N4O2/c1-11-13(12(2)20-16(23)14(11)8-18)6-7-15(22)21(5)10-17(3,4)9-19/h6-7,9-10,19H2,1-5H3,(H,20,23). The fourth-order valence-electron chi connectivity index (χ4n) is 2.64. The van der Waals surface area contributed by atoms with Gasteiger partial charge in [0.15, 0.2) is 0 Å². The lowest BCUT2D eigenvalue weighted by molar-refractivity contribution is -0.131. The molecule has 3 N–H and O–H groups in total. The van der Waals surface area contributed by atoms with E-state index in [-0.39, 0.29) is 22.4 Å². The first-order chi connectivity index (χ1) is 10.6. The zero-order valence-electron chi connectivity index (χ0n) is 14.6. The summed E-state index contributed by atoms with van der Waals surface area (Å²) in [7, 11) is 1.77.